The highest BCUT2D eigenvalue weighted by atomic mass is 32.2. The van der Waals surface area contributed by atoms with Crippen molar-refractivity contribution in [2.75, 3.05) is 26.8 Å². The molecule has 0 bridgehead atoms. The Labute approximate surface area is 187 Å². The van der Waals surface area contributed by atoms with Gasteiger partial charge in [0, 0.05) is 26.2 Å². The van der Waals surface area contributed by atoms with Gasteiger partial charge in [0.25, 0.3) is 0 Å². The maximum absolute atomic E-state index is 13.2. The van der Waals surface area contributed by atoms with Crippen molar-refractivity contribution in [2.24, 2.45) is 0 Å². The van der Waals surface area contributed by atoms with Gasteiger partial charge >= 0.3 is 16.1 Å². The molecule has 1 aliphatic rings. The van der Waals surface area contributed by atoms with Crippen molar-refractivity contribution in [3.63, 3.8) is 0 Å². The summed E-state index contributed by atoms with van der Waals surface area (Å²) in [6, 6.07) is 8.92. The fourth-order valence-electron chi connectivity index (χ4n) is 3.39. The largest absolute Gasteiger partial charge is 0.493 e. The molecule has 0 aromatic heterocycles. The van der Waals surface area contributed by atoms with Gasteiger partial charge in [-0.05, 0) is 61.7 Å². The first kappa shape index (κ1) is 23.8. The van der Waals surface area contributed by atoms with Crippen LogP contribution in [0.1, 0.15) is 25.3 Å². The Morgan fingerprint density at radius 3 is 2.59 bits per heavy atom. The van der Waals surface area contributed by atoms with Gasteiger partial charge in [-0.2, -0.15) is 8.42 Å². The number of carbonyl (C=O) groups is 1. The van der Waals surface area contributed by atoms with Crippen molar-refractivity contribution in [1.29, 1.82) is 0 Å². The van der Waals surface area contributed by atoms with Crippen molar-refractivity contribution in [2.45, 2.75) is 37.3 Å². The van der Waals surface area contributed by atoms with E-state index in [1.54, 1.807) is 17.0 Å². The molecule has 1 saturated heterocycles. The van der Waals surface area contributed by atoms with Crippen LogP contribution in [0.3, 0.4) is 0 Å². The van der Waals surface area contributed by atoms with Crippen LogP contribution in [0.15, 0.2) is 47.4 Å². The van der Waals surface area contributed by atoms with Crippen LogP contribution >= 0.6 is 0 Å². The molecule has 0 unspecified atom stereocenters. The molecule has 1 fully saturated rings. The monoisotopic (exact) mass is 466 g/mol. The molecular weight excluding hydrogens is 439 g/mol. The number of ether oxygens (including phenoxy) is 2. The third kappa shape index (κ3) is 6.10. The molecule has 0 saturated carbocycles. The highest BCUT2D eigenvalue weighted by molar-refractivity contribution is 7.87. The van der Waals surface area contributed by atoms with Gasteiger partial charge in [0.1, 0.15) is 10.7 Å². The van der Waals surface area contributed by atoms with E-state index in [0.29, 0.717) is 25.3 Å². The van der Waals surface area contributed by atoms with Crippen LogP contribution < -0.4 is 14.2 Å². The van der Waals surface area contributed by atoms with E-state index in [2.05, 4.69) is 5.32 Å². The molecule has 10 heteroatoms. The lowest BCUT2D eigenvalue weighted by atomic mass is 10.1. The predicted octanol–water partition coefficient (Wildman–Crippen LogP) is 3.31. The van der Waals surface area contributed by atoms with E-state index in [4.69, 9.17) is 13.7 Å². The number of nitrogens with one attached hydrogen (secondary N) is 1. The summed E-state index contributed by atoms with van der Waals surface area (Å²) in [5.74, 6) is -0.370. The molecule has 2 aromatic rings. The molecule has 3 rings (SSSR count). The van der Waals surface area contributed by atoms with Crippen LogP contribution in [0.2, 0.25) is 0 Å². The summed E-state index contributed by atoms with van der Waals surface area (Å²) in [7, 11) is -2.82. The Balaban J connectivity index is 1.83. The van der Waals surface area contributed by atoms with Crippen LogP contribution in [0.4, 0.5) is 9.18 Å². The SMILES string of the molecule is CCNC(=O)N(Cc1ccc(OC)c(OS(=O)(=O)c2ccc(F)cc2)c1)C[C@H]1CCCO1. The van der Waals surface area contributed by atoms with Crippen LogP contribution in [0, 0.1) is 5.82 Å². The summed E-state index contributed by atoms with van der Waals surface area (Å²) < 4.78 is 54.6. The quantitative estimate of drug-likeness (QED) is 0.570. The Hall–Kier alpha value is -2.85. The Kier molecular flexibility index (Phi) is 7.92. The summed E-state index contributed by atoms with van der Waals surface area (Å²) in [6.07, 6.45) is 1.80. The molecule has 174 valence electrons. The summed E-state index contributed by atoms with van der Waals surface area (Å²) in [4.78, 5) is 14.0. The molecule has 1 heterocycles. The van der Waals surface area contributed by atoms with Gasteiger partial charge in [-0.25, -0.2) is 9.18 Å². The third-order valence-corrected chi connectivity index (χ3v) is 6.21. The minimum Gasteiger partial charge on any atom is -0.493 e. The van der Waals surface area contributed by atoms with E-state index in [9.17, 15) is 17.6 Å². The molecular formula is C22H27FN2O6S. The van der Waals surface area contributed by atoms with Crippen LogP contribution in [-0.4, -0.2) is 52.3 Å². The highest BCUT2D eigenvalue weighted by Gasteiger charge is 2.24. The number of benzene rings is 2. The molecule has 1 atom stereocenters. The van der Waals surface area contributed by atoms with E-state index >= 15 is 0 Å². The molecule has 2 aromatic carbocycles. The van der Waals surface area contributed by atoms with Gasteiger partial charge < -0.3 is 23.9 Å². The van der Waals surface area contributed by atoms with E-state index < -0.39 is 15.9 Å². The van der Waals surface area contributed by atoms with Crippen molar-refractivity contribution in [3.8, 4) is 11.5 Å². The van der Waals surface area contributed by atoms with Gasteiger partial charge in [-0.3, -0.25) is 0 Å². The number of halogens is 1. The molecule has 2 amide bonds. The fourth-order valence-corrected chi connectivity index (χ4v) is 4.32. The third-order valence-electron chi connectivity index (χ3n) is 4.97. The number of methoxy groups -OCH3 is 1. The van der Waals surface area contributed by atoms with Crippen LogP contribution in [0.25, 0.3) is 0 Å². The summed E-state index contributed by atoms with van der Waals surface area (Å²) in [6.45, 7) is 3.63. The Bertz CT molecular complexity index is 1020. The van der Waals surface area contributed by atoms with Crippen LogP contribution in [0.5, 0.6) is 11.5 Å². The number of amides is 2. The normalized spacial score (nSPS) is 15.9. The summed E-state index contributed by atoms with van der Waals surface area (Å²) in [5.41, 5.74) is 0.652. The van der Waals surface area contributed by atoms with Crippen LogP contribution in [-0.2, 0) is 21.4 Å². The number of hydrogen-bond acceptors (Lipinski definition) is 6. The first-order chi connectivity index (χ1) is 15.3. The average Bonchev–Trinajstić information content (AvgIpc) is 3.27. The topological polar surface area (TPSA) is 94.2 Å². The smallest absolute Gasteiger partial charge is 0.339 e. The second kappa shape index (κ2) is 10.6. The van der Waals surface area contributed by atoms with E-state index in [0.717, 1.165) is 37.1 Å². The second-order valence-corrected chi connectivity index (χ2v) is 8.87. The molecule has 8 nitrogen and oxygen atoms in total. The maximum Gasteiger partial charge on any atom is 0.339 e. The Morgan fingerprint density at radius 2 is 1.97 bits per heavy atom. The standard InChI is InChI=1S/C22H27FN2O6S/c1-3-24-22(26)25(15-18-5-4-12-30-18)14-16-6-11-20(29-2)21(13-16)31-32(27,28)19-9-7-17(23)8-10-19/h6-11,13,18H,3-5,12,14-15H2,1-2H3,(H,24,26)/t18-/m1/s1. The van der Waals surface area contributed by atoms with Gasteiger partial charge in [-0.15, -0.1) is 0 Å². The first-order valence-electron chi connectivity index (χ1n) is 10.3. The number of carbonyl (C=O) groups excluding carboxylic acids is 1. The number of nitrogens with zero attached hydrogens (tertiary/aromatic N) is 1. The summed E-state index contributed by atoms with van der Waals surface area (Å²) >= 11 is 0. The lowest BCUT2D eigenvalue weighted by Crippen LogP contribution is -2.43. The van der Waals surface area contributed by atoms with E-state index in [1.165, 1.54) is 13.2 Å². The number of rotatable bonds is 9. The fraction of sp³-hybridized carbons (Fsp3) is 0.409. The lowest BCUT2D eigenvalue weighted by molar-refractivity contribution is 0.0795. The molecule has 1 aliphatic heterocycles. The van der Waals surface area contributed by atoms with Gasteiger partial charge in [0.05, 0.1) is 13.2 Å². The minimum atomic E-state index is -4.21. The molecule has 0 spiro atoms. The van der Waals surface area contributed by atoms with Crippen molar-refractivity contribution >= 4 is 16.1 Å². The number of hydrogen-bond donors (Lipinski definition) is 1. The zero-order valence-electron chi connectivity index (χ0n) is 18.0. The molecule has 0 radical (unpaired) electrons. The molecule has 0 aliphatic carbocycles. The molecule has 1 N–H and O–H groups in total. The Morgan fingerprint density at radius 1 is 1.22 bits per heavy atom. The average molecular weight is 467 g/mol. The molecule has 32 heavy (non-hydrogen) atoms. The number of urea groups is 1. The summed E-state index contributed by atoms with van der Waals surface area (Å²) in [5, 5.41) is 2.79. The van der Waals surface area contributed by atoms with Gasteiger partial charge in [0.2, 0.25) is 0 Å². The van der Waals surface area contributed by atoms with Crippen molar-refractivity contribution in [1.82, 2.24) is 10.2 Å². The van der Waals surface area contributed by atoms with Gasteiger partial charge in [0.15, 0.2) is 11.5 Å². The van der Waals surface area contributed by atoms with E-state index in [1.807, 2.05) is 6.92 Å². The maximum atomic E-state index is 13.2. The van der Waals surface area contributed by atoms with Crippen molar-refractivity contribution < 1.29 is 31.3 Å². The first-order valence-corrected chi connectivity index (χ1v) is 11.7. The zero-order chi connectivity index (χ0) is 23.1. The lowest BCUT2D eigenvalue weighted by Gasteiger charge is -2.26. The predicted molar refractivity (Wildman–Crippen MR) is 116 cm³/mol. The zero-order valence-corrected chi connectivity index (χ0v) is 18.9. The highest BCUT2D eigenvalue weighted by Crippen LogP contribution is 2.31. The van der Waals surface area contributed by atoms with Crippen molar-refractivity contribution in [3.05, 3.63) is 53.8 Å². The van der Waals surface area contributed by atoms with E-state index in [-0.39, 0.29) is 35.1 Å². The second-order valence-electron chi connectivity index (χ2n) is 7.33. The minimum absolute atomic E-state index is 0.0257. The van der Waals surface area contributed by atoms with Gasteiger partial charge in [-0.1, -0.05) is 6.07 Å².